The predicted octanol–water partition coefficient (Wildman–Crippen LogP) is 4.03. The summed E-state index contributed by atoms with van der Waals surface area (Å²) >= 11 is 1.87. The van der Waals surface area contributed by atoms with Gasteiger partial charge in [0.05, 0.1) is 11.2 Å². The van der Waals surface area contributed by atoms with Gasteiger partial charge in [0, 0.05) is 11.4 Å². The van der Waals surface area contributed by atoms with Crippen molar-refractivity contribution in [3.8, 4) is 0 Å². The molecule has 1 aromatic heterocycles. The topological polar surface area (TPSA) is 24.9 Å². The first-order chi connectivity index (χ1) is 8.65. The Balaban J connectivity index is 1.90. The Hall–Kier alpha value is -0.410. The molecule has 3 heteroatoms. The standard InChI is InChI=1S/C15H24N2S/c1-4-15(11-5-6-11,17-12-7-8-12)14-16-13(9-18-14)10(2)3/h9-12,17H,4-8H2,1-3H3. The van der Waals surface area contributed by atoms with E-state index in [-0.39, 0.29) is 5.54 Å². The van der Waals surface area contributed by atoms with Crippen molar-refractivity contribution < 1.29 is 0 Å². The number of hydrogen-bond acceptors (Lipinski definition) is 3. The molecule has 2 nitrogen and oxygen atoms in total. The summed E-state index contributed by atoms with van der Waals surface area (Å²) in [7, 11) is 0. The smallest absolute Gasteiger partial charge is 0.113 e. The maximum Gasteiger partial charge on any atom is 0.113 e. The highest BCUT2D eigenvalue weighted by molar-refractivity contribution is 7.09. The Morgan fingerprint density at radius 1 is 1.39 bits per heavy atom. The van der Waals surface area contributed by atoms with E-state index in [4.69, 9.17) is 4.98 Å². The average Bonchev–Trinajstić information content (AvgIpc) is 3.26. The molecule has 1 heterocycles. The molecule has 2 saturated carbocycles. The van der Waals surface area contributed by atoms with Gasteiger partial charge in [0.2, 0.25) is 0 Å². The van der Waals surface area contributed by atoms with Crippen LogP contribution in [0.2, 0.25) is 0 Å². The molecule has 1 N–H and O–H groups in total. The van der Waals surface area contributed by atoms with Crippen molar-refractivity contribution in [1.82, 2.24) is 10.3 Å². The molecule has 2 aliphatic carbocycles. The maximum absolute atomic E-state index is 4.95. The van der Waals surface area contributed by atoms with Gasteiger partial charge in [0.1, 0.15) is 5.01 Å². The van der Waals surface area contributed by atoms with Crippen LogP contribution in [-0.4, -0.2) is 11.0 Å². The minimum atomic E-state index is 0.193. The molecule has 0 spiro atoms. The van der Waals surface area contributed by atoms with E-state index >= 15 is 0 Å². The van der Waals surface area contributed by atoms with Crippen LogP contribution in [0.25, 0.3) is 0 Å². The molecule has 18 heavy (non-hydrogen) atoms. The van der Waals surface area contributed by atoms with Crippen molar-refractivity contribution in [3.05, 3.63) is 16.1 Å². The van der Waals surface area contributed by atoms with Gasteiger partial charge in [-0.1, -0.05) is 20.8 Å². The molecule has 1 atom stereocenters. The Bertz CT molecular complexity index is 418. The van der Waals surface area contributed by atoms with Crippen molar-refractivity contribution in [1.29, 1.82) is 0 Å². The average molecular weight is 264 g/mol. The van der Waals surface area contributed by atoms with E-state index < -0.39 is 0 Å². The lowest BCUT2D eigenvalue weighted by molar-refractivity contribution is 0.270. The molecule has 0 aromatic carbocycles. The van der Waals surface area contributed by atoms with Crippen LogP contribution in [-0.2, 0) is 5.54 Å². The highest BCUT2D eigenvalue weighted by Gasteiger charge is 2.49. The number of nitrogens with zero attached hydrogens (tertiary/aromatic N) is 1. The fourth-order valence-electron chi connectivity index (χ4n) is 2.82. The lowest BCUT2D eigenvalue weighted by atomic mass is 9.90. The van der Waals surface area contributed by atoms with Gasteiger partial charge in [0.15, 0.2) is 0 Å². The second-order valence-electron chi connectivity index (χ2n) is 6.25. The van der Waals surface area contributed by atoms with E-state index in [1.807, 2.05) is 11.3 Å². The van der Waals surface area contributed by atoms with E-state index in [9.17, 15) is 0 Å². The van der Waals surface area contributed by atoms with Crippen molar-refractivity contribution in [2.75, 3.05) is 0 Å². The number of aromatic nitrogens is 1. The summed E-state index contributed by atoms with van der Waals surface area (Å²) in [6.07, 6.45) is 6.65. The van der Waals surface area contributed by atoms with Crippen molar-refractivity contribution in [3.63, 3.8) is 0 Å². The first kappa shape index (κ1) is 12.6. The van der Waals surface area contributed by atoms with Gasteiger partial charge in [-0.05, 0) is 43.9 Å². The summed E-state index contributed by atoms with van der Waals surface area (Å²) in [4.78, 5) is 4.95. The van der Waals surface area contributed by atoms with E-state index in [1.165, 1.54) is 42.8 Å². The summed E-state index contributed by atoms with van der Waals surface area (Å²) in [6, 6.07) is 0.761. The van der Waals surface area contributed by atoms with Crippen molar-refractivity contribution in [2.24, 2.45) is 5.92 Å². The molecule has 100 valence electrons. The minimum absolute atomic E-state index is 0.193. The molecule has 1 aromatic rings. The first-order valence-corrected chi connectivity index (χ1v) is 8.27. The Labute approximate surface area is 114 Å². The molecule has 0 bridgehead atoms. The maximum atomic E-state index is 4.95. The molecule has 0 aliphatic heterocycles. The van der Waals surface area contributed by atoms with Gasteiger partial charge >= 0.3 is 0 Å². The molecular formula is C15H24N2S. The van der Waals surface area contributed by atoms with Crippen LogP contribution >= 0.6 is 11.3 Å². The van der Waals surface area contributed by atoms with Crippen molar-refractivity contribution in [2.45, 2.75) is 70.4 Å². The van der Waals surface area contributed by atoms with E-state index in [0.29, 0.717) is 5.92 Å². The van der Waals surface area contributed by atoms with Gasteiger partial charge in [-0.2, -0.15) is 0 Å². The zero-order chi connectivity index (χ0) is 12.8. The predicted molar refractivity (Wildman–Crippen MR) is 77.1 cm³/mol. The zero-order valence-corrected chi connectivity index (χ0v) is 12.5. The SMILES string of the molecule is CCC(NC1CC1)(c1nc(C(C)C)cs1)C1CC1. The third kappa shape index (κ3) is 2.23. The molecule has 1 unspecified atom stereocenters. The van der Waals surface area contributed by atoms with Gasteiger partial charge in [-0.25, -0.2) is 4.98 Å². The lowest BCUT2D eigenvalue weighted by Gasteiger charge is -2.32. The third-order valence-electron chi connectivity index (χ3n) is 4.37. The molecule has 2 fully saturated rings. The fourth-order valence-corrected chi connectivity index (χ4v) is 4.12. The van der Waals surface area contributed by atoms with Crippen LogP contribution in [0, 0.1) is 5.92 Å². The summed E-state index contributed by atoms with van der Waals surface area (Å²) in [5.41, 5.74) is 1.46. The minimum Gasteiger partial charge on any atom is -0.302 e. The normalized spacial score (nSPS) is 23.3. The number of hydrogen-bond donors (Lipinski definition) is 1. The highest BCUT2D eigenvalue weighted by atomic mass is 32.1. The van der Waals surface area contributed by atoms with Gasteiger partial charge in [-0.15, -0.1) is 11.3 Å². The van der Waals surface area contributed by atoms with Gasteiger partial charge < -0.3 is 5.32 Å². The molecule has 0 amide bonds. The van der Waals surface area contributed by atoms with E-state index in [0.717, 1.165) is 12.0 Å². The Morgan fingerprint density at radius 2 is 2.11 bits per heavy atom. The fraction of sp³-hybridized carbons (Fsp3) is 0.800. The number of nitrogens with one attached hydrogen (secondary N) is 1. The van der Waals surface area contributed by atoms with Crippen LogP contribution < -0.4 is 5.32 Å². The second-order valence-corrected chi connectivity index (χ2v) is 7.11. The van der Waals surface area contributed by atoms with Crippen LogP contribution in [0.5, 0.6) is 0 Å². The van der Waals surface area contributed by atoms with Crippen LogP contribution in [0.1, 0.15) is 69.5 Å². The summed E-state index contributed by atoms with van der Waals surface area (Å²) in [5.74, 6) is 1.37. The Morgan fingerprint density at radius 3 is 2.56 bits per heavy atom. The molecular weight excluding hydrogens is 240 g/mol. The lowest BCUT2D eigenvalue weighted by Crippen LogP contribution is -2.45. The molecule has 0 saturated heterocycles. The largest absolute Gasteiger partial charge is 0.302 e. The highest BCUT2D eigenvalue weighted by Crippen LogP contribution is 2.50. The monoisotopic (exact) mass is 264 g/mol. The first-order valence-electron chi connectivity index (χ1n) is 7.39. The van der Waals surface area contributed by atoms with Crippen molar-refractivity contribution >= 4 is 11.3 Å². The van der Waals surface area contributed by atoms with Gasteiger partial charge in [-0.3, -0.25) is 0 Å². The zero-order valence-electron chi connectivity index (χ0n) is 11.7. The van der Waals surface area contributed by atoms with Gasteiger partial charge in [0.25, 0.3) is 0 Å². The molecule has 2 aliphatic rings. The second kappa shape index (κ2) is 4.61. The van der Waals surface area contributed by atoms with Crippen LogP contribution in [0.15, 0.2) is 5.38 Å². The molecule has 0 radical (unpaired) electrons. The van der Waals surface area contributed by atoms with E-state index in [1.54, 1.807) is 0 Å². The quantitative estimate of drug-likeness (QED) is 0.839. The summed E-state index contributed by atoms with van der Waals surface area (Å²) < 4.78 is 0. The summed E-state index contributed by atoms with van der Waals surface area (Å²) in [6.45, 7) is 6.79. The number of thiazole rings is 1. The third-order valence-corrected chi connectivity index (χ3v) is 5.40. The molecule has 3 rings (SSSR count). The Kier molecular flexibility index (Phi) is 3.23. The van der Waals surface area contributed by atoms with E-state index in [2.05, 4.69) is 31.5 Å². The number of rotatable bonds is 6. The summed E-state index contributed by atoms with van der Waals surface area (Å²) in [5, 5.41) is 7.55. The van der Waals surface area contributed by atoms with Crippen LogP contribution in [0.3, 0.4) is 0 Å². The van der Waals surface area contributed by atoms with Crippen LogP contribution in [0.4, 0.5) is 0 Å².